The summed E-state index contributed by atoms with van der Waals surface area (Å²) >= 11 is 0. The molecular formula is C10H22N2O2S. The van der Waals surface area contributed by atoms with Gasteiger partial charge in [0, 0.05) is 25.2 Å². The number of nitrogens with zero attached hydrogens (tertiary/aromatic N) is 1. The van der Waals surface area contributed by atoms with Crippen molar-refractivity contribution in [2.45, 2.75) is 45.7 Å². The highest BCUT2D eigenvalue weighted by Gasteiger charge is 2.26. The predicted octanol–water partition coefficient (Wildman–Crippen LogP) is 0.798. The lowest BCUT2D eigenvalue weighted by Gasteiger charge is -2.20. The number of hydrogen-bond donors (Lipinski definition) is 1. The first kappa shape index (κ1) is 12.9. The molecular weight excluding hydrogens is 212 g/mol. The maximum Gasteiger partial charge on any atom is 0.211 e. The van der Waals surface area contributed by atoms with E-state index in [1.165, 1.54) is 0 Å². The third kappa shape index (κ3) is 4.09. The molecule has 1 heterocycles. The van der Waals surface area contributed by atoms with E-state index in [0.717, 1.165) is 19.5 Å². The molecule has 0 aromatic carbocycles. The molecule has 1 rings (SSSR count). The summed E-state index contributed by atoms with van der Waals surface area (Å²) in [5.41, 5.74) is 0. The molecule has 0 spiro atoms. The van der Waals surface area contributed by atoms with Crippen LogP contribution < -0.4 is 4.72 Å². The van der Waals surface area contributed by atoms with Crippen molar-refractivity contribution in [3.63, 3.8) is 0 Å². The summed E-state index contributed by atoms with van der Waals surface area (Å²) in [6.45, 7) is 8.01. The average molecular weight is 234 g/mol. The van der Waals surface area contributed by atoms with E-state index in [1.807, 2.05) is 6.92 Å². The lowest BCUT2D eigenvalue weighted by molar-refractivity contribution is 0.271. The zero-order valence-electron chi connectivity index (χ0n) is 9.86. The number of likely N-dealkylation sites (tertiary alicyclic amines) is 1. The van der Waals surface area contributed by atoms with Gasteiger partial charge in [0.25, 0.3) is 0 Å². The third-order valence-corrected chi connectivity index (χ3v) is 4.41. The highest BCUT2D eigenvalue weighted by molar-refractivity contribution is 7.89. The van der Waals surface area contributed by atoms with Gasteiger partial charge in [0.05, 0.1) is 5.75 Å². The first-order chi connectivity index (χ1) is 6.94. The topological polar surface area (TPSA) is 49.4 Å². The summed E-state index contributed by atoms with van der Waals surface area (Å²) < 4.78 is 25.8. The summed E-state index contributed by atoms with van der Waals surface area (Å²) in [7, 11) is -3.04. The van der Waals surface area contributed by atoms with Crippen LogP contribution in [0.3, 0.4) is 0 Å². The van der Waals surface area contributed by atoms with Crippen molar-refractivity contribution in [2.75, 3.05) is 18.8 Å². The molecule has 1 atom stereocenters. The van der Waals surface area contributed by atoms with E-state index in [0.29, 0.717) is 12.5 Å². The Morgan fingerprint density at radius 2 is 2.13 bits per heavy atom. The molecule has 0 aromatic heterocycles. The van der Waals surface area contributed by atoms with Crippen molar-refractivity contribution in [1.82, 2.24) is 9.62 Å². The van der Waals surface area contributed by atoms with E-state index < -0.39 is 10.0 Å². The van der Waals surface area contributed by atoms with Gasteiger partial charge in [0.2, 0.25) is 10.0 Å². The number of sulfonamides is 1. The molecule has 0 aliphatic carbocycles. The largest absolute Gasteiger partial charge is 0.299 e. The van der Waals surface area contributed by atoms with Gasteiger partial charge in [-0.2, -0.15) is 0 Å². The molecule has 1 aliphatic heterocycles. The minimum absolute atomic E-state index is 0.115. The van der Waals surface area contributed by atoms with E-state index in [2.05, 4.69) is 23.5 Å². The second-order valence-corrected chi connectivity index (χ2v) is 6.38. The van der Waals surface area contributed by atoms with Gasteiger partial charge in [-0.15, -0.1) is 0 Å². The molecule has 0 amide bonds. The molecule has 0 saturated carbocycles. The van der Waals surface area contributed by atoms with Crippen molar-refractivity contribution in [2.24, 2.45) is 0 Å². The normalized spacial score (nSPS) is 23.9. The van der Waals surface area contributed by atoms with Gasteiger partial charge in [-0.1, -0.05) is 6.92 Å². The van der Waals surface area contributed by atoms with Crippen LogP contribution in [0.25, 0.3) is 0 Å². The van der Waals surface area contributed by atoms with Crippen molar-refractivity contribution < 1.29 is 8.42 Å². The lowest BCUT2D eigenvalue weighted by atomic mass is 10.3. The van der Waals surface area contributed by atoms with Crippen molar-refractivity contribution >= 4 is 10.0 Å². The predicted molar refractivity (Wildman–Crippen MR) is 62.3 cm³/mol. The summed E-state index contributed by atoms with van der Waals surface area (Å²) in [5, 5.41) is 0. The Morgan fingerprint density at radius 1 is 1.47 bits per heavy atom. The highest BCUT2D eigenvalue weighted by Crippen LogP contribution is 2.13. The molecule has 0 unspecified atom stereocenters. The molecule has 0 aromatic rings. The van der Waals surface area contributed by atoms with Gasteiger partial charge in [-0.3, -0.25) is 4.90 Å². The van der Waals surface area contributed by atoms with Crippen LogP contribution in [-0.2, 0) is 10.0 Å². The van der Waals surface area contributed by atoms with E-state index >= 15 is 0 Å². The Labute approximate surface area is 93.1 Å². The van der Waals surface area contributed by atoms with Crippen LogP contribution in [0.2, 0.25) is 0 Å². The lowest BCUT2D eigenvalue weighted by Crippen LogP contribution is -2.39. The van der Waals surface area contributed by atoms with Crippen LogP contribution in [-0.4, -0.2) is 44.2 Å². The monoisotopic (exact) mass is 234 g/mol. The van der Waals surface area contributed by atoms with Crippen LogP contribution in [0.5, 0.6) is 0 Å². The standard InChI is InChI=1S/C10H22N2O2S/c1-4-7-15(13,14)11-10-5-6-12(8-10)9(2)3/h9-11H,4-8H2,1-3H3/t10-/m1/s1. The molecule has 0 bridgehead atoms. The Kier molecular flexibility index (Phi) is 4.55. The molecule has 5 heteroatoms. The van der Waals surface area contributed by atoms with Crippen molar-refractivity contribution in [1.29, 1.82) is 0 Å². The Morgan fingerprint density at radius 3 is 2.60 bits per heavy atom. The van der Waals surface area contributed by atoms with E-state index in [1.54, 1.807) is 0 Å². The zero-order chi connectivity index (χ0) is 11.5. The minimum Gasteiger partial charge on any atom is -0.299 e. The second kappa shape index (κ2) is 5.27. The fourth-order valence-electron chi connectivity index (χ4n) is 1.93. The van der Waals surface area contributed by atoms with E-state index in [9.17, 15) is 8.42 Å². The van der Waals surface area contributed by atoms with Crippen LogP contribution in [0.4, 0.5) is 0 Å². The van der Waals surface area contributed by atoms with Crippen LogP contribution >= 0.6 is 0 Å². The summed E-state index contributed by atoms with van der Waals surface area (Å²) in [6.07, 6.45) is 1.61. The molecule has 90 valence electrons. The van der Waals surface area contributed by atoms with E-state index in [-0.39, 0.29) is 11.8 Å². The second-order valence-electron chi connectivity index (χ2n) is 4.51. The highest BCUT2D eigenvalue weighted by atomic mass is 32.2. The first-order valence-electron chi connectivity index (χ1n) is 5.68. The Hall–Kier alpha value is -0.130. The molecule has 1 N–H and O–H groups in total. The third-order valence-electron chi connectivity index (χ3n) is 2.77. The van der Waals surface area contributed by atoms with Gasteiger partial charge in [0.1, 0.15) is 0 Å². The van der Waals surface area contributed by atoms with Crippen molar-refractivity contribution in [3.05, 3.63) is 0 Å². The number of nitrogens with one attached hydrogen (secondary N) is 1. The van der Waals surface area contributed by atoms with Crippen LogP contribution in [0.15, 0.2) is 0 Å². The number of rotatable bonds is 5. The summed E-state index contributed by atoms with van der Waals surface area (Å²) in [5.74, 6) is 0.241. The fraction of sp³-hybridized carbons (Fsp3) is 1.00. The van der Waals surface area contributed by atoms with Crippen LogP contribution in [0, 0.1) is 0 Å². The summed E-state index contributed by atoms with van der Waals surface area (Å²) in [6, 6.07) is 0.620. The van der Waals surface area contributed by atoms with Gasteiger partial charge in [-0.25, -0.2) is 13.1 Å². The van der Waals surface area contributed by atoms with E-state index in [4.69, 9.17) is 0 Å². The maximum absolute atomic E-state index is 11.5. The molecule has 15 heavy (non-hydrogen) atoms. The SMILES string of the molecule is CCCS(=O)(=O)N[C@@H]1CCN(C(C)C)C1. The van der Waals surface area contributed by atoms with Crippen LogP contribution in [0.1, 0.15) is 33.6 Å². The molecule has 1 aliphatic rings. The average Bonchev–Trinajstić information content (AvgIpc) is 2.51. The molecule has 1 saturated heterocycles. The smallest absolute Gasteiger partial charge is 0.211 e. The summed E-state index contributed by atoms with van der Waals surface area (Å²) in [4.78, 5) is 2.30. The fourth-order valence-corrected chi connectivity index (χ4v) is 3.29. The molecule has 4 nitrogen and oxygen atoms in total. The van der Waals surface area contributed by atoms with Gasteiger partial charge >= 0.3 is 0 Å². The van der Waals surface area contributed by atoms with Gasteiger partial charge in [-0.05, 0) is 26.7 Å². The molecule has 0 radical (unpaired) electrons. The minimum atomic E-state index is -3.04. The van der Waals surface area contributed by atoms with Gasteiger partial charge < -0.3 is 0 Å². The number of hydrogen-bond acceptors (Lipinski definition) is 3. The van der Waals surface area contributed by atoms with Gasteiger partial charge in [0.15, 0.2) is 0 Å². The van der Waals surface area contributed by atoms with Crippen molar-refractivity contribution in [3.8, 4) is 0 Å². The molecule has 1 fully saturated rings. The quantitative estimate of drug-likeness (QED) is 0.765. The maximum atomic E-state index is 11.5. The Bertz CT molecular complexity index is 288. The zero-order valence-corrected chi connectivity index (χ0v) is 10.7. The Balaban J connectivity index is 2.42. The first-order valence-corrected chi connectivity index (χ1v) is 7.34.